The van der Waals surface area contributed by atoms with Crippen molar-refractivity contribution >= 4 is 19.8 Å². The minimum absolute atomic E-state index is 0.0112. The predicted octanol–water partition coefficient (Wildman–Crippen LogP) is 24.9. The Balaban J connectivity index is 4.21. The number of carbonyl (C=O) groups is 2. The molecule has 0 spiro atoms. The first kappa shape index (κ1) is 90.1. The summed E-state index contributed by atoms with van der Waals surface area (Å²) in [4.78, 5) is 35.9. The molecule has 0 amide bonds. The smallest absolute Gasteiger partial charge is 0.462 e. The topological polar surface area (TPSA) is 108 Å². The Labute approximate surface area is 588 Å². The van der Waals surface area contributed by atoms with Crippen LogP contribution in [0.4, 0.5) is 0 Å². The van der Waals surface area contributed by atoms with E-state index in [-0.39, 0.29) is 26.1 Å². The number of allylic oxidation sites excluding steroid dienone is 38. The van der Waals surface area contributed by atoms with Crippen LogP contribution in [0.1, 0.15) is 245 Å². The van der Waals surface area contributed by atoms with E-state index in [1.807, 2.05) is 21.1 Å². The molecule has 0 aliphatic heterocycles. The van der Waals surface area contributed by atoms with Gasteiger partial charge in [0, 0.05) is 12.8 Å². The SMILES string of the molecule is CC/C=C\C/C=C\C/C=C\C/C=C\C/C=C\C/C=C\C/C=C\C/C=C\C/C=C\C/C=C\C/C=C\CCCCCC(=O)OC(COC(=O)CCCCCCCCCCCC/C=C\C/C=C\C/C=C\C/C=C\C/C=C\C/C=C\C/C=C\C/C=C\CC)COP(=O)(O)OCC[N+](C)(C)C. The van der Waals surface area contributed by atoms with Crippen LogP contribution >= 0.6 is 7.82 Å². The van der Waals surface area contributed by atoms with Crippen LogP contribution in [-0.2, 0) is 32.7 Å². The standard InChI is InChI=1S/C86H134NO8P/c1-6-8-10-12-14-16-18-20-22-24-26-28-30-32-34-36-38-40-42-43-45-47-49-51-53-55-57-59-61-63-65-67-69-71-73-75-77-79-86(89)95-84(83-94-96(90,91)93-81-80-87(3,4)5)82-92-85(88)78-76-74-72-70-68-66-64-62-60-58-56-54-52-50-48-46-44-41-39-37-35-33-31-29-27-25-23-21-19-17-15-13-11-9-7-2/h8-11,14-17,20-23,26-29,32-35,38-41,43,45-46,48-49,51-52,54-55,57,61,63,67,69,84H,6-7,12-13,18-19,24-25,30-31,36-37,42,44,47,50,53,56,58-60,62,64-66,68,70-83H2,1-5H3/p+1/b10-8-,11-9-,16-14-,17-15-,22-20-,23-21-,28-26-,29-27-,34-32-,35-33-,40-38-,41-39-,45-43-,48-46-,51-49-,54-52-,57-55-,63-61-,69-67-. The summed E-state index contributed by atoms with van der Waals surface area (Å²) in [6.07, 6.45) is 119. The van der Waals surface area contributed by atoms with E-state index in [0.717, 1.165) is 167 Å². The summed E-state index contributed by atoms with van der Waals surface area (Å²) in [6.45, 7) is 4.13. The molecule has 2 unspecified atom stereocenters. The number of rotatable bonds is 65. The number of hydrogen-bond donors (Lipinski definition) is 1. The molecule has 1 N–H and O–H groups in total. The molecule has 2 atom stereocenters. The Bertz CT molecular complexity index is 2480. The van der Waals surface area contributed by atoms with E-state index >= 15 is 0 Å². The fourth-order valence-corrected chi connectivity index (χ4v) is 9.84. The Morgan fingerprint density at radius 2 is 0.562 bits per heavy atom. The largest absolute Gasteiger partial charge is 0.472 e. The number of quaternary nitrogens is 1. The molecule has 0 bridgehead atoms. The number of phosphoric acid groups is 1. The molecule has 0 fully saturated rings. The Kier molecular flexibility index (Phi) is 68.8. The van der Waals surface area contributed by atoms with E-state index in [4.69, 9.17) is 18.5 Å². The van der Waals surface area contributed by atoms with Crippen LogP contribution in [0.3, 0.4) is 0 Å². The molecule has 0 saturated carbocycles. The quantitative estimate of drug-likeness (QED) is 0.0211. The summed E-state index contributed by atoms with van der Waals surface area (Å²) < 4.78 is 34.7. The van der Waals surface area contributed by atoms with Crippen LogP contribution < -0.4 is 0 Å². The van der Waals surface area contributed by atoms with Crippen molar-refractivity contribution in [3.05, 3.63) is 231 Å². The van der Waals surface area contributed by atoms with Gasteiger partial charge in [-0.25, -0.2) is 4.57 Å². The van der Waals surface area contributed by atoms with Gasteiger partial charge in [-0.15, -0.1) is 0 Å². The van der Waals surface area contributed by atoms with Gasteiger partial charge in [-0.3, -0.25) is 18.6 Å². The molecule has 0 aromatic rings. The Hall–Kier alpha value is -5.93. The first-order chi connectivity index (χ1) is 47.0. The second-order valence-corrected chi connectivity index (χ2v) is 26.3. The molecular formula is C86H135NO8P+. The molecular weight excluding hydrogens is 1210 g/mol. The molecule has 0 aromatic carbocycles. The van der Waals surface area contributed by atoms with Gasteiger partial charge in [0.25, 0.3) is 0 Å². The molecule has 10 heteroatoms. The van der Waals surface area contributed by atoms with Crippen molar-refractivity contribution in [2.45, 2.75) is 251 Å². The van der Waals surface area contributed by atoms with Crippen molar-refractivity contribution in [3.63, 3.8) is 0 Å². The highest BCUT2D eigenvalue weighted by Gasteiger charge is 2.27. The molecule has 0 aliphatic rings. The second kappa shape index (κ2) is 73.3. The molecule has 0 aliphatic carbocycles. The van der Waals surface area contributed by atoms with E-state index in [0.29, 0.717) is 23.9 Å². The third-order valence-electron chi connectivity index (χ3n) is 14.7. The van der Waals surface area contributed by atoms with Crippen molar-refractivity contribution in [1.82, 2.24) is 0 Å². The van der Waals surface area contributed by atoms with Crippen molar-refractivity contribution < 1.29 is 42.1 Å². The molecule has 0 aromatic heterocycles. The fraction of sp³-hybridized carbons (Fsp3) is 0.535. The molecule has 0 radical (unpaired) electrons. The highest BCUT2D eigenvalue weighted by molar-refractivity contribution is 7.47. The highest BCUT2D eigenvalue weighted by Crippen LogP contribution is 2.43. The van der Waals surface area contributed by atoms with E-state index in [2.05, 4.69) is 245 Å². The van der Waals surface area contributed by atoms with Crippen molar-refractivity contribution in [2.24, 2.45) is 0 Å². The zero-order valence-electron chi connectivity index (χ0n) is 61.0. The number of hydrogen-bond acceptors (Lipinski definition) is 7. The molecule has 0 heterocycles. The molecule has 0 saturated heterocycles. The zero-order chi connectivity index (χ0) is 69.7. The fourth-order valence-electron chi connectivity index (χ4n) is 9.09. The maximum atomic E-state index is 12.9. The summed E-state index contributed by atoms with van der Waals surface area (Å²) in [7, 11) is 1.42. The average Bonchev–Trinajstić information content (AvgIpc) is 2.72. The molecule has 536 valence electrons. The minimum atomic E-state index is -4.42. The zero-order valence-corrected chi connectivity index (χ0v) is 61.9. The summed E-state index contributed by atoms with van der Waals surface area (Å²) in [5.41, 5.74) is 0. The number of carbonyl (C=O) groups excluding carboxylic acids is 2. The first-order valence-corrected chi connectivity index (χ1v) is 38.6. The van der Waals surface area contributed by atoms with Crippen LogP contribution in [0.5, 0.6) is 0 Å². The molecule has 9 nitrogen and oxygen atoms in total. The van der Waals surface area contributed by atoms with Gasteiger partial charge < -0.3 is 18.9 Å². The Morgan fingerprint density at radius 3 is 0.844 bits per heavy atom. The summed E-state index contributed by atoms with van der Waals surface area (Å²) in [5.74, 6) is -0.858. The van der Waals surface area contributed by atoms with E-state index < -0.39 is 32.5 Å². The summed E-state index contributed by atoms with van der Waals surface area (Å²) in [5, 5.41) is 0. The van der Waals surface area contributed by atoms with Gasteiger partial charge in [-0.2, -0.15) is 0 Å². The van der Waals surface area contributed by atoms with Gasteiger partial charge in [0.1, 0.15) is 19.8 Å². The Morgan fingerprint density at radius 1 is 0.323 bits per heavy atom. The monoisotopic (exact) mass is 1340 g/mol. The number of unbranched alkanes of at least 4 members (excludes halogenated alkanes) is 13. The van der Waals surface area contributed by atoms with Crippen LogP contribution in [0.15, 0.2) is 231 Å². The molecule has 96 heavy (non-hydrogen) atoms. The van der Waals surface area contributed by atoms with Crippen LogP contribution in [0, 0.1) is 0 Å². The number of likely N-dealkylation sites (N-methyl/N-ethyl adjacent to an activating group) is 1. The lowest BCUT2D eigenvalue weighted by Gasteiger charge is -2.24. The van der Waals surface area contributed by atoms with Gasteiger partial charge >= 0.3 is 19.8 Å². The molecule has 0 rings (SSSR count). The minimum Gasteiger partial charge on any atom is -0.462 e. The van der Waals surface area contributed by atoms with Gasteiger partial charge in [0.05, 0.1) is 27.7 Å². The lowest BCUT2D eigenvalue weighted by atomic mass is 10.1. The predicted molar refractivity (Wildman–Crippen MR) is 417 cm³/mol. The van der Waals surface area contributed by atoms with Crippen molar-refractivity contribution in [2.75, 3.05) is 47.5 Å². The van der Waals surface area contributed by atoms with Gasteiger partial charge in [0.2, 0.25) is 0 Å². The average molecular weight is 1340 g/mol. The first-order valence-electron chi connectivity index (χ1n) is 37.1. The van der Waals surface area contributed by atoms with Crippen molar-refractivity contribution in [1.29, 1.82) is 0 Å². The maximum Gasteiger partial charge on any atom is 0.472 e. The number of esters is 2. The van der Waals surface area contributed by atoms with Gasteiger partial charge in [-0.05, 0) is 161 Å². The third-order valence-corrected chi connectivity index (χ3v) is 15.7. The van der Waals surface area contributed by atoms with Crippen LogP contribution in [-0.4, -0.2) is 74.9 Å². The van der Waals surface area contributed by atoms with Gasteiger partial charge in [0.15, 0.2) is 6.10 Å². The number of phosphoric ester groups is 1. The van der Waals surface area contributed by atoms with Crippen molar-refractivity contribution in [3.8, 4) is 0 Å². The second-order valence-electron chi connectivity index (χ2n) is 24.9. The lowest BCUT2D eigenvalue weighted by Crippen LogP contribution is -2.37. The van der Waals surface area contributed by atoms with Gasteiger partial charge in [-0.1, -0.05) is 303 Å². The maximum absolute atomic E-state index is 12.9. The third kappa shape index (κ3) is 77.1. The normalized spacial score (nSPS) is 14.4. The van der Waals surface area contributed by atoms with Crippen LogP contribution in [0.2, 0.25) is 0 Å². The summed E-state index contributed by atoms with van der Waals surface area (Å²) >= 11 is 0. The van der Waals surface area contributed by atoms with E-state index in [9.17, 15) is 19.0 Å². The highest BCUT2D eigenvalue weighted by atomic mass is 31.2. The van der Waals surface area contributed by atoms with Crippen LogP contribution in [0.25, 0.3) is 0 Å². The summed E-state index contributed by atoms with van der Waals surface area (Å²) in [6, 6.07) is 0. The van der Waals surface area contributed by atoms with E-state index in [1.54, 1.807) is 0 Å². The number of nitrogens with zero attached hydrogens (tertiary/aromatic N) is 1. The lowest BCUT2D eigenvalue weighted by molar-refractivity contribution is -0.870. The number of ether oxygens (including phenoxy) is 2. The van der Waals surface area contributed by atoms with E-state index in [1.165, 1.54) is 38.5 Å².